The topological polar surface area (TPSA) is 83.6 Å². The Kier molecular flexibility index (Phi) is 5.85. The second-order valence-electron chi connectivity index (χ2n) is 6.69. The molecule has 2 aromatic rings. The molecule has 0 saturated carbocycles. The molecule has 0 aliphatic carbocycles. The lowest BCUT2D eigenvalue weighted by molar-refractivity contribution is 0.308. The summed E-state index contributed by atoms with van der Waals surface area (Å²) in [6.07, 6.45) is 0.486. The van der Waals surface area contributed by atoms with Crippen LogP contribution in [0.1, 0.15) is 18.4 Å². The van der Waals surface area contributed by atoms with Crippen LogP contribution in [-0.4, -0.2) is 40.3 Å². The predicted octanol–water partition coefficient (Wildman–Crippen LogP) is 2.40. The van der Waals surface area contributed by atoms with Gasteiger partial charge < -0.3 is 0 Å². The molecule has 1 fully saturated rings. The minimum absolute atomic E-state index is 0.134. The van der Waals surface area contributed by atoms with Crippen molar-refractivity contribution in [3.05, 3.63) is 59.7 Å². The van der Waals surface area contributed by atoms with Crippen molar-refractivity contribution >= 4 is 20.0 Å². The first-order valence-electron chi connectivity index (χ1n) is 8.64. The van der Waals surface area contributed by atoms with Gasteiger partial charge in [0.15, 0.2) is 0 Å². The molecule has 0 radical (unpaired) electrons. The lowest BCUT2D eigenvalue weighted by Gasteiger charge is -2.31. The highest BCUT2D eigenvalue weighted by Gasteiger charge is 2.32. The fraction of sp³-hybridized carbons (Fsp3) is 0.333. The maximum atomic E-state index is 13.8. The van der Waals surface area contributed by atoms with Crippen LogP contribution in [0, 0.1) is 18.6 Å². The van der Waals surface area contributed by atoms with E-state index in [-0.39, 0.29) is 30.8 Å². The van der Waals surface area contributed by atoms with E-state index in [0.717, 1.165) is 17.7 Å². The maximum Gasteiger partial charge on any atom is 0.243 e. The molecule has 2 aromatic carbocycles. The van der Waals surface area contributed by atoms with E-state index in [4.69, 9.17) is 0 Å². The number of nitrogens with zero attached hydrogens (tertiary/aromatic N) is 1. The van der Waals surface area contributed by atoms with Gasteiger partial charge in [-0.3, -0.25) is 0 Å². The second-order valence-corrected chi connectivity index (χ2v) is 10.3. The molecule has 0 unspecified atom stereocenters. The second kappa shape index (κ2) is 7.86. The zero-order chi connectivity index (χ0) is 20.5. The van der Waals surface area contributed by atoms with Gasteiger partial charge in [0.2, 0.25) is 20.0 Å². The third-order valence-electron chi connectivity index (χ3n) is 4.62. The Balaban J connectivity index is 1.67. The van der Waals surface area contributed by atoms with Crippen LogP contribution in [0.25, 0.3) is 0 Å². The molecule has 28 heavy (non-hydrogen) atoms. The highest BCUT2D eigenvalue weighted by atomic mass is 32.2. The molecule has 10 heteroatoms. The van der Waals surface area contributed by atoms with E-state index in [1.54, 1.807) is 12.1 Å². The average Bonchev–Trinajstić information content (AvgIpc) is 2.62. The van der Waals surface area contributed by atoms with E-state index in [1.165, 1.54) is 16.4 Å². The quantitative estimate of drug-likeness (QED) is 0.790. The minimum atomic E-state index is -4.18. The largest absolute Gasteiger partial charge is 0.243 e. The van der Waals surface area contributed by atoms with E-state index < -0.39 is 42.6 Å². The Morgan fingerprint density at radius 3 is 2.14 bits per heavy atom. The number of hydrogen-bond donors (Lipinski definition) is 1. The molecule has 3 rings (SSSR count). The Hall–Kier alpha value is -1.88. The molecule has 0 amide bonds. The van der Waals surface area contributed by atoms with Crippen LogP contribution in [0.4, 0.5) is 8.78 Å². The lowest BCUT2D eigenvalue weighted by Crippen LogP contribution is -2.46. The molecule has 1 aliphatic heterocycles. The van der Waals surface area contributed by atoms with Gasteiger partial charge >= 0.3 is 0 Å². The van der Waals surface area contributed by atoms with Crippen molar-refractivity contribution < 1.29 is 25.6 Å². The Bertz CT molecular complexity index is 1060. The fourth-order valence-electron chi connectivity index (χ4n) is 3.05. The molecular formula is C18H20F2N2O4S2. The number of benzene rings is 2. The lowest BCUT2D eigenvalue weighted by atomic mass is 10.1. The van der Waals surface area contributed by atoms with E-state index in [2.05, 4.69) is 4.72 Å². The number of hydrogen-bond acceptors (Lipinski definition) is 4. The van der Waals surface area contributed by atoms with Gasteiger partial charge in [0, 0.05) is 25.2 Å². The summed E-state index contributed by atoms with van der Waals surface area (Å²) in [5.41, 5.74) is 0.945. The van der Waals surface area contributed by atoms with Crippen molar-refractivity contribution in [1.29, 1.82) is 0 Å². The van der Waals surface area contributed by atoms with Crippen LogP contribution in [0.2, 0.25) is 0 Å². The molecule has 1 heterocycles. The average molecular weight is 430 g/mol. The van der Waals surface area contributed by atoms with E-state index in [0.29, 0.717) is 6.07 Å². The Morgan fingerprint density at radius 2 is 1.57 bits per heavy atom. The van der Waals surface area contributed by atoms with Crippen molar-refractivity contribution in [2.75, 3.05) is 13.1 Å². The van der Waals surface area contributed by atoms with Crippen LogP contribution >= 0.6 is 0 Å². The summed E-state index contributed by atoms with van der Waals surface area (Å²) in [4.78, 5) is -0.450. The third-order valence-corrected chi connectivity index (χ3v) is 8.08. The summed E-state index contributed by atoms with van der Waals surface area (Å²) < 4.78 is 80.6. The first-order chi connectivity index (χ1) is 13.1. The van der Waals surface area contributed by atoms with Crippen LogP contribution in [0.5, 0.6) is 0 Å². The van der Waals surface area contributed by atoms with E-state index >= 15 is 0 Å². The maximum absolute atomic E-state index is 13.8. The molecule has 0 atom stereocenters. The van der Waals surface area contributed by atoms with Crippen molar-refractivity contribution in [2.24, 2.45) is 0 Å². The molecule has 1 saturated heterocycles. The number of sulfonamides is 2. The summed E-state index contributed by atoms with van der Waals surface area (Å²) in [7, 11) is -7.83. The third kappa shape index (κ3) is 4.40. The van der Waals surface area contributed by atoms with Crippen molar-refractivity contribution in [2.45, 2.75) is 35.6 Å². The highest BCUT2D eigenvalue weighted by molar-refractivity contribution is 7.89. The SMILES string of the molecule is Cc1ccc(S(=O)(=O)N2CCC(NS(=O)(=O)c3ccc(F)cc3F)CC2)cc1. The van der Waals surface area contributed by atoms with Crippen LogP contribution in [-0.2, 0) is 20.0 Å². The highest BCUT2D eigenvalue weighted by Crippen LogP contribution is 2.23. The first-order valence-corrected chi connectivity index (χ1v) is 11.6. The van der Waals surface area contributed by atoms with E-state index in [1.807, 2.05) is 6.92 Å². The van der Waals surface area contributed by atoms with Crippen molar-refractivity contribution in [1.82, 2.24) is 9.03 Å². The molecular weight excluding hydrogens is 410 g/mol. The monoisotopic (exact) mass is 430 g/mol. The standard InChI is InChI=1S/C18H20F2N2O4S2/c1-13-2-5-16(6-3-13)28(25,26)22-10-8-15(9-11-22)21-27(23,24)18-7-4-14(19)12-17(18)20/h2-7,12,15,21H,8-11H2,1H3. The molecule has 1 N–H and O–H groups in total. The van der Waals surface area contributed by atoms with Gasteiger partial charge in [-0.25, -0.2) is 30.3 Å². The zero-order valence-corrected chi connectivity index (χ0v) is 16.7. The molecule has 0 bridgehead atoms. The minimum Gasteiger partial charge on any atom is -0.208 e. The summed E-state index contributed by atoms with van der Waals surface area (Å²) in [5, 5.41) is 0. The molecule has 0 spiro atoms. The summed E-state index contributed by atoms with van der Waals surface area (Å²) in [6.45, 7) is 2.13. The van der Waals surface area contributed by atoms with Gasteiger partial charge in [0.1, 0.15) is 16.5 Å². The zero-order valence-electron chi connectivity index (χ0n) is 15.1. The van der Waals surface area contributed by atoms with Gasteiger partial charge in [-0.1, -0.05) is 17.7 Å². The van der Waals surface area contributed by atoms with Crippen LogP contribution in [0.3, 0.4) is 0 Å². The van der Waals surface area contributed by atoms with Gasteiger partial charge in [-0.05, 0) is 44.0 Å². The summed E-state index contributed by atoms with van der Waals surface area (Å²) in [6, 6.07) is 8.20. The number of aryl methyl sites for hydroxylation is 1. The molecule has 6 nitrogen and oxygen atoms in total. The molecule has 1 aliphatic rings. The van der Waals surface area contributed by atoms with Crippen LogP contribution < -0.4 is 4.72 Å². The predicted molar refractivity (Wildman–Crippen MR) is 99.6 cm³/mol. The Labute approximate surface area is 163 Å². The van der Waals surface area contributed by atoms with Crippen molar-refractivity contribution in [3.8, 4) is 0 Å². The van der Waals surface area contributed by atoms with Gasteiger partial charge in [0.05, 0.1) is 4.90 Å². The van der Waals surface area contributed by atoms with Gasteiger partial charge in [0.25, 0.3) is 0 Å². The van der Waals surface area contributed by atoms with Gasteiger partial charge in [-0.15, -0.1) is 0 Å². The number of halogens is 2. The molecule has 0 aromatic heterocycles. The van der Waals surface area contributed by atoms with Crippen LogP contribution in [0.15, 0.2) is 52.3 Å². The molecule has 152 valence electrons. The van der Waals surface area contributed by atoms with Crippen molar-refractivity contribution in [3.63, 3.8) is 0 Å². The number of nitrogens with one attached hydrogen (secondary N) is 1. The van der Waals surface area contributed by atoms with Gasteiger partial charge in [-0.2, -0.15) is 4.31 Å². The summed E-state index contributed by atoms with van der Waals surface area (Å²) >= 11 is 0. The Morgan fingerprint density at radius 1 is 0.964 bits per heavy atom. The number of rotatable bonds is 5. The number of piperidine rings is 1. The normalized spacial score (nSPS) is 17.0. The smallest absolute Gasteiger partial charge is 0.208 e. The fourth-order valence-corrected chi connectivity index (χ4v) is 5.88. The van der Waals surface area contributed by atoms with E-state index in [9.17, 15) is 25.6 Å². The first kappa shape index (κ1) is 20.8. The summed E-state index contributed by atoms with van der Waals surface area (Å²) in [5.74, 6) is -2.04.